The zero-order valence-corrected chi connectivity index (χ0v) is 19.7. The number of nitrogens with one attached hydrogen (secondary N) is 2. The van der Waals surface area contributed by atoms with E-state index < -0.39 is 27.2 Å². The molecule has 2 heterocycles. The molecule has 1 atom stereocenters. The largest absolute Gasteiger partial charge is 0.390 e. The smallest absolute Gasteiger partial charge is 0.280 e. The first kappa shape index (κ1) is 25.2. The van der Waals surface area contributed by atoms with E-state index in [9.17, 15) is 17.6 Å². The Kier molecular flexibility index (Phi) is 8.86. The van der Waals surface area contributed by atoms with Gasteiger partial charge in [0.15, 0.2) is 16.0 Å². The summed E-state index contributed by atoms with van der Waals surface area (Å²) in [5, 5.41) is 5.89. The Labute approximate surface area is 195 Å². The number of thiazole rings is 1. The Morgan fingerprint density at radius 2 is 2.03 bits per heavy atom. The second-order valence-corrected chi connectivity index (χ2v) is 9.96. The Balaban J connectivity index is 1.80. The van der Waals surface area contributed by atoms with Crippen LogP contribution in [0.15, 0.2) is 40.5 Å². The van der Waals surface area contributed by atoms with Crippen molar-refractivity contribution in [3.8, 4) is 0 Å². The highest BCUT2D eigenvalue weighted by Gasteiger charge is 2.23. The number of nitrogens with zero attached hydrogens (tertiary/aromatic N) is 2. The molecule has 1 saturated heterocycles. The molecule has 13 heteroatoms. The van der Waals surface area contributed by atoms with Gasteiger partial charge in [0, 0.05) is 31.9 Å². The molecule has 0 bridgehead atoms. The molecule has 1 aromatic carbocycles. The lowest BCUT2D eigenvalue weighted by Crippen LogP contribution is -2.38. The van der Waals surface area contributed by atoms with E-state index in [0.717, 1.165) is 6.20 Å². The van der Waals surface area contributed by atoms with Gasteiger partial charge in [0.25, 0.3) is 5.91 Å². The van der Waals surface area contributed by atoms with Gasteiger partial charge in [-0.15, -0.1) is 0 Å². The third kappa shape index (κ3) is 7.27. The van der Waals surface area contributed by atoms with Gasteiger partial charge in [0.2, 0.25) is 10.0 Å². The van der Waals surface area contributed by atoms with E-state index in [0.29, 0.717) is 43.0 Å². The normalized spacial score (nSPS) is 16.4. The molecule has 1 fully saturated rings. The summed E-state index contributed by atoms with van der Waals surface area (Å²) >= 11 is 0.661. The van der Waals surface area contributed by atoms with Gasteiger partial charge >= 0.3 is 0 Å². The van der Waals surface area contributed by atoms with Gasteiger partial charge in [-0.1, -0.05) is 28.6 Å². The van der Waals surface area contributed by atoms with Crippen LogP contribution in [-0.2, 0) is 29.1 Å². The number of benzene rings is 1. The molecule has 180 valence electrons. The molecule has 10 nitrogen and oxygen atoms in total. The molecule has 2 N–H and O–H groups in total. The lowest BCUT2D eigenvalue weighted by molar-refractivity contribution is -0.110. The third-order valence-corrected chi connectivity index (χ3v) is 6.86. The first-order valence-electron chi connectivity index (χ1n) is 10.1. The fourth-order valence-electron chi connectivity index (χ4n) is 3.00. The fourth-order valence-corrected chi connectivity index (χ4v) is 4.84. The van der Waals surface area contributed by atoms with Crippen LogP contribution >= 0.6 is 11.3 Å². The zero-order valence-electron chi connectivity index (χ0n) is 18.1. The van der Waals surface area contributed by atoms with Crippen molar-refractivity contribution in [2.24, 2.45) is 5.16 Å². The molecule has 1 amide bonds. The highest BCUT2D eigenvalue weighted by atomic mass is 32.2. The van der Waals surface area contributed by atoms with Gasteiger partial charge < -0.3 is 14.3 Å². The minimum Gasteiger partial charge on any atom is -0.390 e. The second kappa shape index (κ2) is 11.6. The number of sulfonamides is 1. The minimum absolute atomic E-state index is 0.0492. The van der Waals surface area contributed by atoms with Gasteiger partial charge in [0.1, 0.15) is 6.10 Å². The first-order valence-corrected chi connectivity index (χ1v) is 12.4. The molecule has 0 radical (unpaired) electrons. The molecule has 0 unspecified atom stereocenters. The van der Waals surface area contributed by atoms with Crippen LogP contribution in [0, 0.1) is 5.13 Å². The van der Waals surface area contributed by atoms with Crippen LogP contribution in [0.4, 0.5) is 9.52 Å². The molecule has 1 aromatic heterocycles. The molecular formula is C20H25FN4O6S2. The van der Waals surface area contributed by atoms with Crippen molar-refractivity contribution in [1.29, 1.82) is 0 Å². The van der Waals surface area contributed by atoms with Crippen molar-refractivity contribution in [2.45, 2.75) is 36.8 Å². The molecule has 1 aliphatic heterocycles. The highest BCUT2D eigenvalue weighted by molar-refractivity contribution is 7.89. The topological polar surface area (TPSA) is 128 Å². The summed E-state index contributed by atoms with van der Waals surface area (Å²) in [6.07, 6.45) is 1.74. The van der Waals surface area contributed by atoms with Crippen LogP contribution in [0.2, 0.25) is 0 Å². The number of carbonyl (C=O) groups excluding carboxylic acids is 1. The number of anilines is 1. The lowest BCUT2D eigenvalue weighted by atomic mass is 10.1. The summed E-state index contributed by atoms with van der Waals surface area (Å²) in [6, 6.07) is 5.46. The molecule has 1 aliphatic rings. The summed E-state index contributed by atoms with van der Waals surface area (Å²) in [6.45, 7) is 2.96. The first-order chi connectivity index (χ1) is 15.8. The molecule has 2 aromatic rings. The number of ether oxygens (including phenoxy) is 2. The van der Waals surface area contributed by atoms with Crippen LogP contribution in [0.5, 0.6) is 0 Å². The standard InChI is InChI=1S/C20H25FN4O6S2/c1-13(12-29-2)31-24-18(19(26)23-20-22-11-17(21)32-20)14-3-5-16(6-4-14)33(27,28)25-15-7-9-30-10-8-15/h3-6,11,13,15,25H,7-10,12H2,1-2H3,(H,22,23,26)/t13-/m1/s1. The van der Waals surface area contributed by atoms with Crippen molar-refractivity contribution in [2.75, 3.05) is 32.2 Å². The van der Waals surface area contributed by atoms with E-state index in [4.69, 9.17) is 14.3 Å². The van der Waals surface area contributed by atoms with E-state index in [-0.39, 0.29) is 28.4 Å². The van der Waals surface area contributed by atoms with Gasteiger partial charge in [-0.05, 0) is 31.9 Å². The number of halogens is 1. The van der Waals surface area contributed by atoms with Crippen LogP contribution in [0.1, 0.15) is 25.3 Å². The van der Waals surface area contributed by atoms with Gasteiger partial charge in [-0.25, -0.2) is 18.1 Å². The number of hydrogen-bond donors (Lipinski definition) is 2. The summed E-state index contributed by atoms with van der Waals surface area (Å²) in [5.41, 5.74) is 0.175. The minimum atomic E-state index is -3.75. The van der Waals surface area contributed by atoms with E-state index in [1.165, 1.54) is 31.4 Å². The van der Waals surface area contributed by atoms with Crippen LogP contribution in [0.3, 0.4) is 0 Å². The van der Waals surface area contributed by atoms with Crippen molar-refractivity contribution < 1.29 is 31.9 Å². The summed E-state index contributed by atoms with van der Waals surface area (Å²) in [5.74, 6) is -0.690. The number of oxime groups is 1. The predicted molar refractivity (Wildman–Crippen MR) is 120 cm³/mol. The number of amides is 1. The Morgan fingerprint density at radius 3 is 2.64 bits per heavy atom. The average Bonchev–Trinajstić information content (AvgIpc) is 3.19. The maximum Gasteiger partial charge on any atom is 0.280 e. The maximum absolute atomic E-state index is 13.2. The van der Waals surface area contributed by atoms with E-state index in [1.54, 1.807) is 6.92 Å². The molecule has 0 aliphatic carbocycles. The number of hydrogen-bond acceptors (Lipinski definition) is 9. The van der Waals surface area contributed by atoms with Crippen LogP contribution < -0.4 is 10.0 Å². The SMILES string of the molecule is COC[C@@H](C)ON=C(C(=O)Nc1ncc(F)s1)c1ccc(S(=O)(=O)NC2CCOCC2)cc1. The molecule has 33 heavy (non-hydrogen) atoms. The van der Waals surface area contributed by atoms with Crippen molar-refractivity contribution in [1.82, 2.24) is 9.71 Å². The molecular weight excluding hydrogens is 475 g/mol. The van der Waals surface area contributed by atoms with E-state index in [2.05, 4.69) is 20.2 Å². The van der Waals surface area contributed by atoms with Crippen molar-refractivity contribution in [3.05, 3.63) is 41.2 Å². The van der Waals surface area contributed by atoms with Crippen LogP contribution in [-0.4, -0.2) is 64.1 Å². The monoisotopic (exact) mass is 500 g/mol. The highest BCUT2D eigenvalue weighted by Crippen LogP contribution is 2.18. The van der Waals surface area contributed by atoms with Gasteiger partial charge in [0.05, 0.1) is 17.7 Å². The van der Waals surface area contributed by atoms with Gasteiger partial charge in [-0.3, -0.25) is 10.1 Å². The van der Waals surface area contributed by atoms with Gasteiger partial charge in [-0.2, -0.15) is 4.39 Å². The second-order valence-electron chi connectivity index (χ2n) is 7.27. The van der Waals surface area contributed by atoms with Crippen molar-refractivity contribution >= 4 is 38.1 Å². The lowest BCUT2D eigenvalue weighted by Gasteiger charge is -2.23. The van der Waals surface area contributed by atoms with Crippen LogP contribution in [0.25, 0.3) is 0 Å². The number of methoxy groups -OCH3 is 1. The Bertz CT molecular complexity index is 1070. The summed E-state index contributed by atoms with van der Waals surface area (Å²) in [4.78, 5) is 21.9. The summed E-state index contributed by atoms with van der Waals surface area (Å²) < 4.78 is 51.6. The Morgan fingerprint density at radius 1 is 1.33 bits per heavy atom. The maximum atomic E-state index is 13.2. The van der Waals surface area contributed by atoms with Crippen molar-refractivity contribution in [3.63, 3.8) is 0 Å². The third-order valence-electron chi connectivity index (χ3n) is 4.62. The quantitative estimate of drug-likeness (QED) is 0.378. The summed E-state index contributed by atoms with van der Waals surface area (Å²) in [7, 11) is -2.24. The number of carbonyl (C=O) groups is 1. The molecule has 0 spiro atoms. The zero-order chi connectivity index (χ0) is 23.8. The predicted octanol–water partition coefficient (Wildman–Crippen LogP) is 2.13. The van der Waals surface area contributed by atoms with E-state index >= 15 is 0 Å². The molecule has 0 saturated carbocycles. The number of rotatable bonds is 10. The Hall–Kier alpha value is -2.45. The average molecular weight is 501 g/mol. The fraction of sp³-hybridized carbons (Fsp3) is 0.450. The number of aromatic nitrogens is 1. The van der Waals surface area contributed by atoms with E-state index in [1.807, 2.05) is 0 Å². The molecule has 3 rings (SSSR count).